The summed E-state index contributed by atoms with van der Waals surface area (Å²) in [6, 6.07) is 0.975. The van der Waals surface area contributed by atoms with Gasteiger partial charge in [-0.15, -0.1) is 0 Å². The number of nitrogens with zero attached hydrogens (tertiary/aromatic N) is 1. The van der Waals surface area contributed by atoms with Crippen molar-refractivity contribution in [3.05, 3.63) is 0 Å². The molecule has 0 aliphatic carbocycles. The highest BCUT2D eigenvalue weighted by molar-refractivity contribution is 6.60. The molecule has 0 aromatic carbocycles. The van der Waals surface area contributed by atoms with Gasteiger partial charge in [0.25, 0.3) is 0 Å². The monoisotopic (exact) mass is 581 g/mol. The van der Waals surface area contributed by atoms with Crippen LogP contribution in [0.5, 0.6) is 0 Å². The van der Waals surface area contributed by atoms with Gasteiger partial charge in [0.2, 0.25) is 0 Å². The maximum Gasteiger partial charge on any atom is 0.506 e. The Morgan fingerprint density at radius 2 is 0.771 bits per heavy atom. The van der Waals surface area contributed by atoms with Crippen LogP contribution in [0, 0.1) is 0 Å². The van der Waals surface area contributed by atoms with E-state index in [1.807, 2.05) is 0 Å². The highest BCUT2D eigenvalue weighted by atomic mass is 79.9. The molecule has 0 heterocycles. The van der Waals surface area contributed by atoms with E-state index in [0.29, 0.717) is 0 Å². The Morgan fingerprint density at radius 1 is 0.429 bits per heavy atom. The number of quaternary nitrogens is 1. The Hall–Kier alpha value is 0.537. The van der Waals surface area contributed by atoms with Crippen LogP contribution in [0.2, 0.25) is 6.04 Å². The van der Waals surface area contributed by atoms with E-state index in [-0.39, 0.29) is 17.0 Å². The van der Waals surface area contributed by atoms with Gasteiger partial charge < -0.3 is 34.7 Å². The van der Waals surface area contributed by atoms with Gasteiger partial charge in [-0.1, -0.05) is 80.1 Å². The Bertz CT molecular complexity index is 376. The maximum absolute atomic E-state index is 6.49. The van der Waals surface area contributed by atoms with Crippen molar-refractivity contribution in [3.8, 4) is 0 Å². The first-order chi connectivity index (χ1) is 16.6. The van der Waals surface area contributed by atoms with Gasteiger partial charge in [0.1, 0.15) is 0 Å². The molecule has 4 nitrogen and oxygen atoms in total. The third kappa shape index (κ3) is 19.3. The van der Waals surface area contributed by atoms with Gasteiger partial charge in [0.15, 0.2) is 0 Å². The number of hydrogen-bond donors (Lipinski definition) is 0. The Kier molecular flexibility index (Phi) is 28.2. The maximum atomic E-state index is 6.49. The lowest BCUT2D eigenvalue weighted by Gasteiger charge is -2.41. The number of halogens is 1. The van der Waals surface area contributed by atoms with Gasteiger partial charge in [-0.25, -0.2) is 0 Å². The summed E-state index contributed by atoms with van der Waals surface area (Å²) >= 11 is 0. The third-order valence-corrected chi connectivity index (χ3v) is 9.70. The number of hydrogen-bond acceptors (Lipinski definition) is 3. The second-order valence-electron chi connectivity index (χ2n) is 10.4. The minimum atomic E-state index is -2.65. The summed E-state index contributed by atoms with van der Waals surface area (Å²) in [5.41, 5.74) is 0. The molecular weight excluding hydrogens is 518 g/mol. The Morgan fingerprint density at radius 3 is 1.06 bits per heavy atom. The second-order valence-corrected chi connectivity index (χ2v) is 13.1. The van der Waals surface area contributed by atoms with Gasteiger partial charge in [-0.2, -0.15) is 0 Å². The lowest BCUT2D eigenvalue weighted by molar-refractivity contribution is -0.927. The van der Waals surface area contributed by atoms with E-state index in [1.165, 1.54) is 101 Å². The zero-order valence-electron chi connectivity index (χ0n) is 24.8. The normalized spacial score (nSPS) is 12.2. The van der Waals surface area contributed by atoms with Crippen LogP contribution < -0.4 is 17.0 Å². The molecule has 0 unspecified atom stereocenters. The highest BCUT2D eigenvalue weighted by Gasteiger charge is 2.44. The molecule has 0 saturated heterocycles. The fraction of sp³-hybridized carbons (Fsp3) is 1.00. The molecule has 0 atom stereocenters. The number of rotatable bonds is 27. The minimum absolute atomic E-state index is 0. The van der Waals surface area contributed by atoms with E-state index in [0.717, 1.165) is 51.7 Å². The summed E-state index contributed by atoms with van der Waals surface area (Å²) in [4.78, 5) is 0. The molecule has 35 heavy (non-hydrogen) atoms. The molecule has 0 rings (SSSR count). The van der Waals surface area contributed by atoms with Crippen molar-refractivity contribution >= 4 is 8.80 Å². The average molecular weight is 583 g/mol. The van der Waals surface area contributed by atoms with Crippen LogP contribution in [0.1, 0.15) is 138 Å². The standard InChI is InChI=1S/C29H64NO3Si.BrH/c1-7-13-16-19-22-30(23-20-17-14-8-2,24-21-18-15-9-3)25-29-34(31-26-10-4,32-27-11-5)33-28-12-6;/h7-29H2,1-6H3;1H/q+1;/p-1. The van der Waals surface area contributed by atoms with Crippen molar-refractivity contribution in [3.63, 3.8) is 0 Å². The fourth-order valence-electron chi connectivity index (χ4n) is 4.78. The van der Waals surface area contributed by atoms with E-state index < -0.39 is 8.80 Å². The molecule has 6 heteroatoms. The quantitative estimate of drug-likeness (QED) is 0.0700. The molecule has 214 valence electrons. The summed E-state index contributed by atoms with van der Waals surface area (Å²) in [6.45, 7) is 20.9. The molecule has 0 bridgehead atoms. The summed E-state index contributed by atoms with van der Waals surface area (Å²) in [7, 11) is -2.65. The molecule has 0 radical (unpaired) electrons. The van der Waals surface area contributed by atoms with Crippen LogP contribution in [0.3, 0.4) is 0 Å². The van der Waals surface area contributed by atoms with Crippen molar-refractivity contribution < 1.29 is 34.7 Å². The van der Waals surface area contributed by atoms with Gasteiger partial charge in [0.05, 0.1) is 32.2 Å². The van der Waals surface area contributed by atoms with Gasteiger partial charge >= 0.3 is 8.80 Å². The SMILES string of the molecule is CCCCCC[N+](CCCCCC)(CCCCCC)CC[Si](OCCC)(OCCC)OCCC.[Br-]. The lowest BCUT2D eigenvalue weighted by atomic mass is 10.1. The van der Waals surface area contributed by atoms with Gasteiger partial charge in [-0.3, -0.25) is 0 Å². The van der Waals surface area contributed by atoms with E-state index in [1.54, 1.807) is 0 Å². The molecule has 0 aliphatic heterocycles. The lowest BCUT2D eigenvalue weighted by Crippen LogP contribution is -3.00. The van der Waals surface area contributed by atoms with E-state index in [2.05, 4.69) is 41.5 Å². The second kappa shape index (κ2) is 26.2. The summed E-state index contributed by atoms with van der Waals surface area (Å²) in [6.07, 6.45) is 19.2. The topological polar surface area (TPSA) is 27.7 Å². The predicted octanol–water partition coefficient (Wildman–Crippen LogP) is 5.77. The summed E-state index contributed by atoms with van der Waals surface area (Å²) in [5.74, 6) is 0. The Labute approximate surface area is 233 Å². The van der Waals surface area contributed by atoms with Crippen molar-refractivity contribution in [2.45, 2.75) is 144 Å². The van der Waals surface area contributed by atoms with E-state index in [9.17, 15) is 0 Å². The van der Waals surface area contributed by atoms with Crippen molar-refractivity contribution in [1.29, 1.82) is 0 Å². The average Bonchev–Trinajstić information content (AvgIpc) is 2.86. The molecule has 0 aromatic rings. The van der Waals surface area contributed by atoms with Crippen molar-refractivity contribution in [2.75, 3.05) is 46.0 Å². The van der Waals surface area contributed by atoms with Crippen LogP contribution in [0.25, 0.3) is 0 Å². The van der Waals surface area contributed by atoms with Crippen LogP contribution in [0.4, 0.5) is 0 Å². The molecule has 0 N–H and O–H groups in total. The minimum Gasteiger partial charge on any atom is -1.00 e. The van der Waals surface area contributed by atoms with Crippen LogP contribution in [-0.4, -0.2) is 59.3 Å². The van der Waals surface area contributed by atoms with Crippen molar-refractivity contribution in [1.82, 2.24) is 0 Å². The first-order valence-electron chi connectivity index (χ1n) is 15.3. The molecule has 0 saturated carbocycles. The van der Waals surface area contributed by atoms with Gasteiger partial charge in [0, 0.05) is 19.8 Å². The summed E-state index contributed by atoms with van der Waals surface area (Å²) < 4.78 is 20.7. The molecule has 0 fully saturated rings. The zero-order valence-corrected chi connectivity index (χ0v) is 27.4. The summed E-state index contributed by atoms with van der Waals surface area (Å²) in [5, 5.41) is 0. The van der Waals surface area contributed by atoms with E-state index >= 15 is 0 Å². The molecular formula is C29H64BrNO3Si. The first kappa shape index (κ1) is 37.7. The van der Waals surface area contributed by atoms with Crippen LogP contribution in [0.15, 0.2) is 0 Å². The molecule has 0 spiro atoms. The third-order valence-electron chi connectivity index (χ3n) is 6.93. The molecule has 0 aliphatic rings. The fourth-order valence-corrected chi connectivity index (χ4v) is 7.76. The highest BCUT2D eigenvalue weighted by Crippen LogP contribution is 2.24. The predicted molar refractivity (Wildman–Crippen MR) is 151 cm³/mol. The van der Waals surface area contributed by atoms with Crippen LogP contribution in [-0.2, 0) is 13.3 Å². The smallest absolute Gasteiger partial charge is 0.506 e. The van der Waals surface area contributed by atoms with Crippen LogP contribution >= 0.6 is 0 Å². The van der Waals surface area contributed by atoms with Crippen molar-refractivity contribution in [2.24, 2.45) is 0 Å². The van der Waals surface area contributed by atoms with Gasteiger partial charge in [-0.05, 0) is 57.8 Å². The Balaban J connectivity index is 0. The largest absolute Gasteiger partial charge is 1.00 e. The van der Waals surface area contributed by atoms with E-state index in [4.69, 9.17) is 13.3 Å². The number of unbranched alkanes of at least 4 members (excludes halogenated alkanes) is 9. The first-order valence-corrected chi connectivity index (χ1v) is 17.3. The molecule has 0 amide bonds. The zero-order chi connectivity index (χ0) is 25.4. The molecule has 0 aromatic heterocycles.